The lowest BCUT2D eigenvalue weighted by Gasteiger charge is -2.43. The fourth-order valence-electron chi connectivity index (χ4n) is 4.71. The summed E-state index contributed by atoms with van der Waals surface area (Å²) in [5, 5.41) is 1.71. The first-order chi connectivity index (χ1) is 12.4. The van der Waals surface area contributed by atoms with E-state index in [9.17, 15) is 4.79 Å². The maximum atomic E-state index is 12.1. The van der Waals surface area contributed by atoms with Gasteiger partial charge < -0.3 is 15.5 Å². The van der Waals surface area contributed by atoms with Gasteiger partial charge in [-0.2, -0.15) is 0 Å². The zero-order chi connectivity index (χ0) is 18.9. The van der Waals surface area contributed by atoms with Crippen molar-refractivity contribution in [3.63, 3.8) is 0 Å². The molecule has 1 fully saturated rings. The smallest absolute Gasteiger partial charge is 0.255 e. The minimum atomic E-state index is -0.0424. The molecule has 0 radical (unpaired) electrons. The molecule has 3 rings (SSSR count). The van der Waals surface area contributed by atoms with Crippen LogP contribution in [0.25, 0.3) is 10.8 Å². The lowest BCUT2D eigenvalue weighted by atomic mass is 9.66. The van der Waals surface area contributed by atoms with Crippen LogP contribution in [0.4, 0.5) is 0 Å². The van der Waals surface area contributed by atoms with Crippen molar-refractivity contribution in [3.05, 3.63) is 39.8 Å². The molecule has 1 aromatic heterocycles. The van der Waals surface area contributed by atoms with Crippen molar-refractivity contribution in [3.8, 4) is 5.75 Å². The number of aryl methyl sites for hydroxylation is 2. The van der Waals surface area contributed by atoms with Crippen LogP contribution in [0.5, 0.6) is 5.75 Å². The molecule has 4 heteroatoms. The normalized spacial score (nSPS) is 24.6. The SMILES string of the molecule is CC[C@@H](N)C1(CC)CCC(Oc2c(C)cc3c(=O)[nH]ccc3c2C)CC1. The van der Waals surface area contributed by atoms with Gasteiger partial charge in [0.2, 0.25) is 0 Å². The first kappa shape index (κ1) is 19.0. The predicted octanol–water partition coefficient (Wildman–Crippen LogP) is 4.60. The Balaban J connectivity index is 1.82. The van der Waals surface area contributed by atoms with Gasteiger partial charge in [0, 0.05) is 17.6 Å². The van der Waals surface area contributed by atoms with Crippen LogP contribution in [-0.4, -0.2) is 17.1 Å². The molecule has 4 nitrogen and oxygen atoms in total. The van der Waals surface area contributed by atoms with Gasteiger partial charge in [0.15, 0.2) is 0 Å². The summed E-state index contributed by atoms with van der Waals surface area (Å²) in [6, 6.07) is 4.19. The number of hydrogen-bond acceptors (Lipinski definition) is 3. The molecular weight excluding hydrogens is 324 g/mol. The van der Waals surface area contributed by atoms with Gasteiger partial charge in [-0.1, -0.05) is 13.8 Å². The van der Waals surface area contributed by atoms with Gasteiger partial charge in [-0.05, 0) is 86.4 Å². The molecular formula is C22H32N2O2. The highest BCUT2D eigenvalue weighted by Crippen LogP contribution is 2.44. The Bertz CT molecular complexity index is 832. The van der Waals surface area contributed by atoms with E-state index >= 15 is 0 Å². The van der Waals surface area contributed by atoms with E-state index in [1.807, 2.05) is 19.1 Å². The number of hydrogen-bond donors (Lipinski definition) is 2. The largest absolute Gasteiger partial charge is 0.490 e. The molecule has 142 valence electrons. The first-order valence-electron chi connectivity index (χ1n) is 9.95. The molecule has 0 amide bonds. The van der Waals surface area contributed by atoms with Crippen molar-refractivity contribution in [2.24, 2.45) is 11.1 Å². The quantitative estimate of drug-likeness (QED) is 0.822. The molecule has 1 atom stereocenters. The lowest BCUT2D eigenvalue weighted by Crippen LogP contribution is -2.45. The van der Waals surface area contributed by atoms with Gasteiger partial charge in [-0.3, -0.25) is 4.79 Å². The van der Waals surface area contributed by atoms with Crippen LogP contribution in [0.2, 0.25) is 0 Å². The van der Waals surface area contributed by atoms with Crippen molar-refractivity contribution in [2.75, 3.05) is 0 Å². The van der Waals surface area contributed by atoms with E-state index in [4.69, 9.17) is 10.5 Å². The summed E-state index contributed by atoms with van der Waals surface area (Å²) >= 11 is 0. The third-order valence-corrected chi connectivity index (χ3v) is 6.61. The second kappa shape index (κ2) is 7.43. The first-order valence-corrected chi connectivity index (χ1v) is 9.95. The highest BCUT2D eigenvalue weighted by atomic mass is 16.5. The highest BCUT2D eigenvalue weighted by molar-refractivity contribution is 5.87. The van der Waals surface area contributed by atoms with E-state index in [0.717, 1.165) is 66.2 Å². The van der Waals surface area contributed by atoms with Crippen LogP contribution >= 0.6 is 0 Å². The number of nitrogens with one attached hydrogen (secondary N) is 1. The molecule has 0 saturated heterocycles. The van der Waals surface area contributed by atoms with Gasteiger partial charge in [0.1, 0.15) is 5.75 Å². The summed E-state index contributed by atoms with van der Waals surface area (Å²) < 4.78 is 6.46. The van der Waals surface area contributed by atoms with Crippen LogP contribution < -0.4 is 16.0 Å². The number of aromatic nitrogens is 1. The fourth-order valence-corrected chi connectivity index (χ4v) is 4.71. The average molecular weight is 357 g/mol. The number of aromatic amines is 1. The highest BCUT2D eigenvalue weighted by Gasteiger charge is 2.38. The Labute approximate surface area is 156 Å². The number of ether oxygens (including phenoxy) is 1. The molecule has 1 heterocycles. The fraction of sp³-hybridized carbons (Fsp3) is 0.591. The van der Waals surface area contributed by atoms with Gasteiger partial charge in [0.05, 0.1) is 6.10 Å². The molecule has 2 aromatic rings. The summed E-state index contributed by atoms with van der Waals surface area (Å²) in [5.74, 6) is 0.942. The number of nitrogens with two attached hydrogens (primary N) is 1. The molecule has 1 aliphatic rings. The topological polar surface area (TPSA) is 68.1 Å². The van der Waals surface area contributed by atoms with Crippen molar-refractivity contribution < 1.29 is 4.74 Å². The minimum absolute atomic E-state index is 0.0424. The van der Waals surface area contributed by atoms with E-state index in [0.29, 0.717) is 0 Å². The van der Waals surface area contributed by atoms with Crippen molar-refractivity contribution in [1.29, 1.82) is 0 Å². The molecule has 1 saturated carbocycles. The lowest BCUT2D eigenvalue weighted by molar-refractivity contribution is 0.0562. The zero-order valence-corrected chi connectivity index (χ0v) is 16.5. The molecule has 0 aliphatic heterocycles. The molecule has 0 bridgehead atoms. The number of fused-ring (bicyclic) bond motifs is 1. The molecule has 1 aromatic carbocycles. The van der Waals surface area contributed by atoms with Gasteiger partial charge >= 0.3 is 0 Å². The average Bonchev–Trinajstić information content (AvgIpc) is 2.66. The molecule has 1 aliphatic carbocycles. The second-order valence-electron chi connectivity index (χ2n) is 7.96. The van der Waals surface area contributed by atoms with E-state index in [2.05, 4.69) is 25.8 Å². The van der Waals surface area contributed by atoms with Crippen molar-refractivity contribution >= 4 is 10.8 Å². The number of rotatable bonds is 5. The van der Waals surface area contributed by atoms with Gasteiger partial charge in [0.25, 0.3) is 5.56 Å². The molecule has 0 spiro atoms. The zero-order valence-electron chi connectivity index (χ0n) is 16.5. The second-order valence-corrected chi connectivity index (χ2v) is 7.96. The Morgan fingerprint density at radius 1 is 1.27 bits per heavy atom. The standard InChI is InChI=1S/C22H32N2O2/c1-5-19(23)22(6-2)10-7-16(8-11-22)26-20-14(3)13-18-17(15(20)4)9-12-24-21(18)25/h9,12-13,16,19H,5-8,10-11,23H2,1-4H3,(H,24,25)/t16?,19-,22?/m1/s1. The van der Waals surface area contributed by atoms with Crippen molar-refractivity contribution in [2.45, 2.75) is 78.4 Å². The monoisotopic (exact) mass is 356 g/mol. The van der Waals surface area contributed by atoms with Crippen LogP contribution in [-0.2, 0) is 0 Å². The van der Waals surface area contributed by atoms with Crippen molar-refractivity contribution in [1.82, 2.24) is 4.98 Å². The molecule has 26 heavy (non-hydrogen) atoms. The summed E-state index contributed by atoms with van der Waals surface area (Å²) in [4.78, 5) is 14.8. The van der Waals surface area contributed by atoms with E-state index in [1.165, 1.54) is 0 Å². The summed E-state index contributed by atoms with van der Waals surface area (Å²) in [7, 11) is 0. The summed E-state index contributed by atoms with van der Waals surface area (Å²) in [6.07, 6.45) is 8.49. The Morgan fingerprint density at radius 2 is 1.96 bits per heavy atom. The maximum Gasteiger partial charge on any atom is 0.255 e. The van der Waals surface area contributed by atoms with E-state index in [1.54, 1.807) is 6.20 Å². The third-order valence-electron chi connectivity index (χ3n) is 6.61. The Hall–Kier alpha value is -1.81. The Morgan fingerprint density at radius 3 is 2.58 bits per heavy atom. The number of benzene rings is 1. The van der Waals surface area contributed by atoms with Gasteiger partial charge in [-0.25, -0.2) is 0 Å². The third kappa shape index (κ3) is 3.27. The van der Waals surface area contributed by atoms with Crippen LogP contribution in [0.3, 0.4) is 0 Å². The molecule has 3 N–H and O–H groups in total. The van der Waals surface area contributed by atoms with Crippen LogP contribution in [0, 0.1) is 19.3 Å². The van der Waals surface area contributed by atoms with Crippen LogP contribution in [0.15, 0.2) is 23.1 Å². The predicted molar refractivity (Wildman–Crippen MR) is 108 cm³/mol. The number of pyridine rings is 1. The minimum Gasteiger partial charge on any atom is -0.490 e. The Kier molecular flexibility index (Phi) is 5.42. The summed E-state index contributed by atoms with van der Waals surface area (Å²) in [6.45, 7) is 8.54. The maximum absolute atomic E-state index is 12.1. The number of H-pyrrole nitrogens is 1. The van der Waals surface area contributed by atoms with E-state index < -0.39 is 0 Å². The molecule has 0 unspecified atom stereocenters. The van der Waals surface area contributed by atoms with Crippen LogP contribution in [0.1, 0.15) is 63.5 Å². The summed E-state index contributed by atoms with van der Waals surface area (Å²) in [5.41, 5.74) is 8.76. The van der Waals surface area contributed by atoms with Gasteiger partial charge in [-0.15, -0.1) is 0 Å². The van der Waals surface area contributed by atoms with E-state index in [-0.39, 0.29) is 23.1 Å².